The zero-order valence-electron chi connectivity index (χ0n) is 12.1. The lowest BCUT2D eigenvalue weighted by Gasteiger charge is -2.04. The molecule has 2 aromatic carbocycles. The Labute approximate surface area is 125 Å². The second-order valence-corrected chi connectivity index (χ2v) is 5.38. The molecule has 3 nitrogen and oxygen atoms in total. The maximum atomic E-state index is 5.72. The van der Waals surface area contributed by atoms with Gasteiger partial charge < -0.3 is 14.8 Å². The van der Waals surface area contributed by atoms with Crippen LogP contribution < -0.4 is 5.32 Å². The molecule has 0 radical (unpaired) electrons. The number of ether oxygens (including phenoxy) is 2. The predicted octanol–water partition coefficient (Wildman–Crippen LogP) is 2.76. The first kappa shape index (κ1) is 14.3. The van der Waals surface area contributed by atoms with Gasteiger partial charge in [-0.15, -0.1) is 0 Å². The van der Waals surface area contributed by atoms with Gasteiger partial charge >= 0.3 is 0 Å². The Balaban J connectivity index is 1.27. The molecule has 21 heavy (non-hydrogen) atoms. The smallest absolute Gasteiger partial charge is 0.0717 e. The summed E-state index contributed by atoms with van der Waals surface area (Å²) >= 11 is 0. The lowest BCUT2D eigenvalue weighted by atomic mass is 10.2. The largest absolute Gasteiger partial charge is 0.375 e. The molecular weight excluding hydrogens is 262 g/mol. The summed E-state index contributed by atoms with van der Waals surface area (Å²) in [5, 5.41) is 3.39. The van der Waals surface area contributed by atoms with Crippen molar-refractivity contribution in [3.05, 3.63) is 71.8 Å². The van der Waals surface area contributed by atoms with Crippen molar-refractivity contribution in [1.29, 1.82) is 0 Å². The number of hydrogen-bond acceptors (Lipinski definition) is 3. The summed E-state index contributed by atoms with van der Waals surface area (Å²) in [4.78, 5) is 0. The summed E-state index contributed by atoms with van der Waals surface area (Å²) in [7, 11) is 0. The standard InChI is InChI=1S/C18H21NO2/c1-3-7-15(8-4-1)11-20-13-17-18(19-17)14-21-12-16-9-5-2-6-10-16/h1-10,17-19H,11-14H2/t17-,18-/m1/s1. The molecule has 0 bridgehead atoms. The minimum Gasteiger partial charge on any atom is -0.375 e. The van der Waals surface area contributed by atoms with Crippen molar-refractivity contribution in [3.63, 3.8) is 0 Å². The molecule has 1 fully saturated rings. The van der Waals surface area contributed by atoms with E-state index >= 15 is 0 Å². The molecule has 0 unspecified atom stereocenters. The van der Waals surface area contributed by atoms with E-state index in [0.717, 1.165) is 13.2 Å². The van der Waals surface area contributed by atoms with Gasteiger partial charge in [0.25, 0.3) is 0 Å². The van der Waals surface area contributed by atoms with Crippen LogP contribution in [-0.4, -0.2) is 25.3 Å². The summed E-state index contributed by atoms with van der Waals surface area (Å²) in [6, 6.07) is 21.4. The summed E-state index contributed by atoms with van der Waals surface area (Å²) in [5.41, 5.74) is 2.44. The average molecular weight is 283 g/mol. The van der Waals surface area contributed by atoms with Crippen LogP contribution >= 0.6 is 0 Å². The van der Waals surface area contributed by atoms with Crippen LogP contribution in [0.1, 0.15) is 11.1 Å². The highest BCUT2D eigenvalue weighted by atomic mass is 16.5. The fourth-order valence-corrected chi connectivity index (χ4v) is 2.30. The number of benzene rings is 2. The second kappa shape index (κ2) is 7.36. The summed E-state index contributed by atoms with van der Waals surface area (Å²) in [6.07, 6.45) is 0. The van der Waals surface area contributed by atoms with Crippen LogP contribution in [-0.2, 0) is 22.7 Å². The third kappa shape index (κ3) is 4.67. The Morgan fingerprint density at radius 2 is 1.10 bits per heavy atom. The monoisotopic (exact) mass is 283 g/mol. The molecule has 0 amide bonds. The molecule has 1 N–H and O–H groups in total. The number of nitrogens with one attached hydrogen (secondary N) is 1. The minimum atomic E-state index is 0.435. The van der Waals surface area contributed by atoms with Crippen LogP contribution in [0.2, 0.25) is 0 Å². The quantitative estimate of drug-likeness (QED) is 0.757. The number of rotatable bonds is 8. The first-order chi connectivity index (χ1) is 10.4. The highest BCUT2D eigenvalue weighted by Gasteiger charge is 2.36. The van der Waals surface area contributed by atoms with E-state index in [4.69, 9.17) is 9.47 Å². The average Bonchev–Trinajstić information content (AvgIpc) is 3.28. The van der Waals surface area contributed by atoms with Gasteiger partial charge in [0, 0.05) is 12.1 Å². The zero-order chi connectivity index (χ0) is 14.3. The molecule has 0 saturated carbocycles. The molecule has 110 valence electrons. The van der Waals surface area contributed by atoms with E-state index < -0.39 is 0 Å². The van der Waals surface area contributed by atoms with E-state index in [1.807, 2.05) is 36.4 Å². The number of hydrogen-bond donors (Lipinski definition) is 1. The van der Waals surface area contributed by atoms with Gasteiger partial charge in [-0.25, -0.2) is 0 Å². The van der Waals surface area contributed by atoms with Crippen LogP contribution in [0.15, 0.2) is 60.7 Å². The van der Waals surface area contributed by atoms with Crippen LogP contribution in [0.25, 0.3) is 0 Å². The van der Waals surface area contributed by atoms with E-state index in [0.29, 0.717) is 25.3 Å². The Morgan fingerprint density at radius 1 is 0.667 bits per heavy atom. The molecule has 0 spiro atoms. The van der Waals surface area contributed by atoms with Gasteiger partial charge in [-0.1, -0.05) is 60.7 Å². The third-order valence-corrected chi connectivity index (χ3v) is 3.62. The van der Waals surface area contributed by atoms with Crippen molar-refractivity contribution in [2.24, 2.45) is 0 Å². The molecule has 2 atom stereocenters. The molecule has 3 rings (SSSR count). The second-order valence-electron chi connectivity index (χ2n) is 5.38. The molecule has 1 aliphatic rings. The van der Waals surface area contributed by atoms with Crippen molar-refractivity contribution in [1.82, 2.24) is 5.32 Å². The van der Waals surface area contributed by atoms with Crippen LogP contribution in [0, 0.1) is 0 Å². The van der Waals surface area contributed by atoms with E-state index in [1.54, 1.807) is 0 Å². The highest BCUT2D eigenvalue weighted by Crippen LogP contribution is 2.13. The lowest BCUT2D eigenvalue weighted by molar-refractivity contribution is 0.105. The normalized spacial score (nSPS) is 20.4. The Morgan fingerprint density at radius 3 is 1.52 bits per heavy atom. The molecule has 1 heterocycles. The third-order valence-electron chi connectivity index (χ3n) is 3.62. The van der Waals surface area contributed by atoms with Crippen molar-refractivity contribution in [2.45, 2.75) is 25.3 Å². The zero-order valence-corrected chi connectivity index (χ0v) is 12.1. The maximum absolute atomic E-state index is 5.72. The Hall–Kier alpha value is -1.68. The van der Waals surface area contributed by atoms with Crippen LogP contribution in [0.4, 0.5) is 0 Å². The first-order valence-electron chi connectivity index (χ1n) is 7.41. The molecular formula is C18H21NO2. The molecule has 1 saturated heterocycles. The maximum Gasteiger partial charge on any atom is 0.0717 e. The van der Waals surface area contributed by atoms with E-state index in [9.17, 15) is 0 Å². The lowest BCUT2D eigenvalue weighted by Crippen LogP contribution is -2.09. The minimum absolute atomic E-state index is 0.435. The fraction of sp³-hybridized carbons (Fsp3) is 0.333. The van der Waals surface area contributed by atoms with E-state index in [2.05, 4.69) is 29.6 Å². The van der Waals surface area contributed by atoms with Gasteiger partial charge in [0.1, 0.15) is 0 Å². The van der Waals surface area contributed by atoms with Crippen LogP contribution in [0.5, 0.6) is 0 Å². The summed E-state index contributed by atoms with van der Waals surface area (Å²) < 4.78 is 11.4. The molecule has 1 aliphatic heterocycles. The topological polar surface area (TPSA) is 40.4 Å². The van der Waals surface area contributed by atoms with Crippen molar-refractivity contribution >= 4 is 0 Å². The first-order valence-corrected chi connectivity index (χ1v) is 7.41. The Kier molecular flexibility index (Phi) is 5.00. The summed E-state index contributed by atoms with van der Waals surface area (Å²) in [5.74, 6) is 0. The van der Waals surface area contributed by atoms with Gasteiger partial charge in [0.05, 0.1) is 26.4 Å². The highest BCUT2D eigenvalue weighted by molar-refractivity contribution is 5.14. The fourth-order valence-electron chi connectivity index (χ4n) is 2.30. The molecule has 3 heteroatoms. The van der Waals surface area contributed by atoms with Gasteiger partial charge in [0.15, 0.2) is 0 Å². The molecule has 0 aromatic heterocycles. The van der Waals surface area contributed by atoms with Crippen molar-refractivity contribution < 1.29 is 9.47 Å². The van der Waals surface area contributed by atoms with Gasteiger partial charge in [-0.3, -0.25) is 0 Å². The molecule has 2 aromatic rings. The Bertz CT molecular complexity index is 480. The summed E-state index contributed by atoms with van der Waals surface area (Å²) in [6.45, 7) is 2.84. The molecule has 0 aliphatic carbocycles. The van der Waals surface area contributed by atoms with E-state index in [1.165, 1.54) is 11.1 Å². The van der Waals surface area contributed by atoms with Crippen molar-refractivity contribution in [2.75, 3.05) is 13.2 Å². The predicted molar refractivity (Wildman–Crippen MR) is 82.9 cm³/mol. The van der Waals surface area contributed by atoms with Gasteiger partial charge in [-0.05, 0) is 11.1 Å². The van der Waals surface area contributed by atoms with Gasteiger partial charge in [0.2, 0.25) is 0 Å². The van der Waals surface area contributed by atoms with Crippen LogP contribution in [0.3, 0.4) is 0 Å². The van der Waals surface area contributed by atoms with E-state index in [-0.39, 0.29) is 0 Å². The van der Waals surface area contributed by atoms with Gasteiger partial charge in [-0.2, -0.15) is 0 Å². The SMILES string of the molecule is c1ccc(COC[C@H]2N[C@@H]2COCc2ccccc2)cc1. The van der Waals surface area contributed by atoms with Crippen molar-refractivity contribution in [3.8, 4) is 0 Å².